The SMILES string of the molecule is COc1cc(C(N)=O)ccc1N=C(N)N=C(N)N. The lowest BCUT2D eigenvalue weighted by atomic mass is 10.2. The molecule has 0 radical (unpaired) electrons. The Morgan fingerprint density at radius 2 is 1.89 bits per heavy atom. The van der Waals surface area contributed by atoms with E-state index in [4.69, 9.17) is 27.7 Å². The molecule has 0 unspecified atom stereocenters. The summed E-state index contributed by atoms with van der Waals surface area (Å²) in [7, 11) is 1.43. The van der Waals surface area contributed by atoms with Crippen LogP contribution in [0.1, 0.15) is 10.4 Å². The van der Waals surface area contributed by atoms with Crippen molar-refractivity contribution in [3.05, 3.63) is 23.8 Å². The number of ether oxygens (including phenoxy) is 1. The van der Waals surface area contributed by atoms with Crippen molar-refractivity contribution >= 4 is 23.5 Å². The summed E-state index contributed by atoms with van der Waals surface area (Å²) in [4.78, 5) is 18.5. The maximum absolute atomic E-state index is 11.0. The zero-order valence-electron chi connectivity index (χ0n) is 9.75. The predicted octanol–water partition coefficient (Wildman–Crippen LogP) is -0.986. The Labute approximate surface area is 103 Å². The van der Waals surface area contributed by atoms with E-state index in [1.54, 1.807) is 0 Å². The molecular weight excluding hydrogens is 236 g/mol. The van der Waals surface area contributed by atoms with Crippen LogP contribution >= 0.6 is 0 Å². The number of nitrogens with two attached hydrogens (primary N) is 4. The Morgan fingerprint density at radius 3 is 2.39 bits per heavy atom. The predicted molar refractivity (Wildman–Crippen MR) is 68.6 cm³/mol. The summed E-state index contributed by atoms with van der Waals surface area (Å²) in [5.74, 6) is -0.565. The number of guanidine groups is 2. The fraction of sp³-hybridized carbons (Fsp3) is 0.100. The van der Waals surface area contributed by atoms with E-state index in [1.165, 1.54) is 25.3 Å². The first kappa shape index (κ1) is 13.3. The maximum atomic E-state index is 11.0. The smallest absolute Gasteiger partial charge is 0.248 e. The Morgan fingerprint density at radius 1 is 1.22 bits per heavy atom. The van der Waals surface area contributed by atoms with Crippen LogP contribution in [0.25, 0.3) is 0 Å². The molecule has 1 rings (SSSR count). The molecule has 0 saturated carbocycles. The molecule has 0 spiro atoms. The molecule has 0 aliphatic heterocycles. The van der Waals surface area contributed by atoms with E-state index in [9.17, 15) is 4.79 Å². The Hall–Kier alpha value is -2.77. The van der Waals surface area contributed by atoms with E-state index < -0.39 is 5.91 Å². The second-order valence-electron chi connectivity index (χ2n) is 3.26. The summed E-state index contributed by atoms with van der Waals surface area (Å²) >= 11 is 0. The first-order valence-corrected chi connectivity index (χ1v) is 4.85. The number of rotatable bonds is 3. The second kappa shape index (κ2) is 5.53. The van der Waals surface area contributed by atoms with Gasteiger partial charge in [-0.3, -0.25) is 4.79 Å². The molecule has 18 heavy (non-hydrogen) atoms. The lowest BCUT2D eigenvalue weighted by molar-refractivity contribution is 0.1000. The molecule has 0 aromatic heterocycles. The third-order valence-corrected chi connectivity index (χ3v) is 1.94. The number of benzene rings is 1. The van der Waals surface area contributed by atoms with E-state index in [0.29, 0.717) is 17.0 Å². The third kappa shape index (κ3) is 3.37. The van der Waals surface area contributed by atoms with Crippen molar-refractivity contribution in [2.75, 3.05) is 7.11 Å². The van der Waals surface area contributed by atoms with Crippen LogP contribution in [0.2, 0.25) is 0 Å². The normalized spacial score (nSPS) is 10.8. The van der Waals surface area contributed by atoms with Crippen LogP contribution in [-0.2, 0) is 0 Å². The number of primary amides is 1. The van der Waals surface area contributed by atoms with Crippen molar-refractivity contribution in [3.63, 3.8) is 0 Å². The van der Waals surface area contributed by atoms with Crippen molar-refractivity contribution in [2.45, 2.75) is 0 Å². The Balaban J connectivity index is 3.18. The zero-order valence-corrected chi connectivity index (χ0v) is 9.75. The highest BCUT2D eigenvalue weighted by molar-refractivity contribution is 5.95. The zero-order chi connectivity index (χ0) is 13.7. The molecule has 1 aromatic rings. The summed E-state index contributed by atoms with van der Waals surface area (Å²) in [5, 5.41) is 0. The van der Waals surface area contributed by atoms with Gasteiger partial charge < -0.3 is 27.7 Å². The number of hydrogen-bond acceptors (Lipinski definition) is 3. The maximum Gasteiger partial charge on any atom is 0.248 e. The molecule has 96 valence electrons. The largest absolute Gasteiger partial charge is 0.494 e. The number of carbonyl (C=O) groups is 1. The summed E-state index contributed by atoms with van der Waals surface area (Å²) in [6, 6.07) is 4.46. The van der Waals surface area contributed by atoms with Gasteiger partial charge in [0.25, 0.3) is 0 Å². The average Bonchev–Trinajstić information content (AvgIpc) is 2.27. The molecule has 0 atom stereocenters. The van der Waals surface area contributed by atoms with Crippen LogP contribution in [0, 0.1) is 0 Å². The molecule has 1 aromatic carbocycles. The summed E-state index contributed by atoms with van der Waals surface area (Å²) in [6.07, 6.45) is 0. The van der Waals surface area contributed by atoms with Gasteiger partial charge in [0, 0.05) is 5.56 Å². The third-order valence-electron chi connectivity index (χ3n) is 1.94. The van der Waals surface area contributed by atoms with Crippen LogP contribution < -0.4 is 27.7 Å². The molecule has 1 amide bonds. The second-order valence-corrected chi connectivity index (χ2v) is 3.26. The van der Waals surface area contributed by atoms with E-state index in [1.807, 2.05) is 0 Å². The van der Waals surface area contributed by atoms with Gasteiger partial charge in [-0.1, -0.05) is 0 Å². The van der Waals surface area contributed by atoms with Gasteiger partial charge in [-0.2, -0.15) is 4.99 Å². The minimum Gasteiger partial charge on any atom is -0.494 e. The lowest BCUT2D eigenvalue weighted by Crippen LogP contribution is -2.26. The molecule has 0 aliphatic carbocycles. The molecule has 0 fully saturated rings. The fourth-order valence-electron chi connectivity index (χ4n) is 1.20. The molecule has 0 heterocycles. The van der Waals surface area contributed by atoms with Crippen LogP contribution in [0.15, 0.2) is 28.2 Å². The summed E-state index contributed by atoms with van der Waals surface area (Å²) in [6.45, 7) is 0. The van der Waals surface area contributed by atoms with Gasteiger partial charge in [0.1, 0.15) is 11.4 Å². The summed E-state index contributed by atoms with van der Waals surface area (Å²) < 4.78 is 5.06. The van der Waals surface area contributed by atoms with Crippen LogP contribution in [0.5, 0.6) is 5.75 Å². The van der Waals surface area contributed by atoms with Gasteiger partial charge in [-0.15, -0.1) is 0 Å². The minimum absolute atomic E-state index is 0.125. The molecule has 8 heteroatoms. The van der Waals surface area contributed by atoms with Crippen LogP contribution in [0.3, 0.4) is 0 Å². The molecule has 0 bridgehead atoms. The number of hydrogen-bond donors (Lipinski definition) is 4. The van der Waals surface area contributed by atoms with Crippen molar-refractivity contribution in [1.29, 1.82) is 0 Å². The first-order valence-electron chi connectivity index (χ1n) is 4.85. The van der Waals surface area contributed by atoms with E-state index in [0.717, 1.165) is 0 Å². The molecule has 0 saturated heterocycles. The Bertz CT molecular complexity index is 519. The summed E-state index contributed by atoms with van der Waals surface area (Å²) in [5.41, 5.74) is 21.6. The number of nitrogens with zero attached hydrogens (tertiary/aromatic N) is 2. The topological polar surface area (TPSA) is 155 Å². The highest BCUT2D eigenvalue weighted by Gasteiger charge is 2.07. The number of carbonyl (C=O) groups excluding carboxylic acids is 1. The van der Waals surface area contributed by atoms with Gasteiger partial charge >= 0.3 is 0 Å². The van der Waals surface area contributed by atoms with Crippen LogP contribution in [0.4, 0.5) is 5.69 Å². The fourth-order valence-corrected chi connectivity index (χ4v) is 1.20. The monoisotopic (exact) mass is 250 g/mol. The standard InChI is InChI=1S/C10H14N6O2/c1-18-7-4-5(8(11)17)2-3-6(7)15-10(14)16-9(12)13/h2-4H,1H3,(H2,11,17)(H6,12,13,14,15,16). The van der Waals surface area contributed by atoms with Gasteiger partial charge in [0.05, 0.1) is 7.11 Å². The number of methoxy groups -OCH3 is 1. The van der Waals surface area contributed by atoms with Crippen molar-refractivity contribution in [3.8, 4) is 5.75 Å². The highest BCUT2D eigenvalue weighted by atomic mass is 16.5. The highest BCUT2D eigenvalue weighted by Crippen LogP contribution is 2.28. The average molecular weight is 250 g/mol. The van der Waals surface area contributed by atoms with Crippen molar-refractivity contribution in [1.82, 2.24) is 0 Å². The molecule has 0 aliphatic rings. The quantitative estimate of drug-likeness (QED) is 0.400. The number of amides is 1. The Kier molecular flexibility index (Phi) is 4.08. The van der Waals surface area contributed by atoms with E-state index in [-0.39, 0.29) is 11.9 Å². The van der Waals surface area contributed by atoms with Gasteiger partial charge in [-0.05, 0) is 18.2 Å². The minimum atomic E-state index is -0.568. The van der Waals surface area contributed by atoms with Gasteiger partial charge in [0.2, 0.25) is 11.9 Å². The first-order chi connectivity index (χ1) is 8.43. The van der Waals surface area contributed by atoms with E-state index in [2.05, 4.69) is 9.98 Å². The van der Waals surface area contributed by atoms with Gasteiger partial charge in [-0.25, -0.2) is 4.99 Å². The molecular formula is C10H14N6O2. The van der Waals surface area contributed by atoms with Gasteiger partial charge in [0.15, 0.2) is 5.96 Å². The lowest BCUT2D eigenvalue weighted by Gasteiger charge is -2.06. The van der Waals surface area contributed by atoms with Crippen LogP contribution in [-0.4, -0.2) is 24.9 Å². The molecule has 8 nitrogen and oxygen atoms in total. The van der Waals surface area contributed by atoms with E-state index >= 15 is 0 Å². The molecule has 8 N–H and O–H groups in total. The number of aliphatic imine (C=N–C) groups is 2. The van der Waals surface area contributed by atoms with Crippen molar-refractivity contribution in [2.24, 2.45) is 32.9 Å². The van der Waals surface area contributed by atoms with Crippen molar-refractivity contribution < 1.29 is 9.53 Å².